The minimum atomic E-state index is -0.516. The average Bonchev–Trinajstić information content (AvgIpc) is 2.90. The van der Waals surface area contributed by atoms with Crippen molar-refractivity contribution in [2.45, 2.75) is 25.9 Å². The Morgan fingerprint density at radius 2 is 2.08 bits per heavy atom. The van der Waals surface area contributed by atoms with Crippen LogP contribution in [0.3, 0.4) is 0 Å². The monoisotopic (exact) mass is 329 g/mol. The van der Waals surface area contributed by atoms with Gasteiger partial charge in [0.05, 0.1) is 6.54 Å². The van der Waals surface area contributed by atoms with Crippen LogP contribution in [-0.2, 0) is 6.54 Å². The largest absolute Gasteiger partial charge is 0.421 e. The lowest BCUT2D eigenvalue weighted by Gasteiger charge is -2.17. The Kier molecular flexibility index (Phi) is 4.41. The van der Waals surface area contributed by atoms with E-state index in [0.29, 0.717) is 23.2 Å². The highest BCUT2D eigenvalue weighted by molar-refractivity contribution is 5.94. The lowest BCUT2D eigenvalue weighted by atomic mass is 10.1. The number of aromatic nitrogens is 2. The molecule has 0 fully saturated rings. The zero-order valence-electron chi connectivity index (χ0n) is 13.0. The van der Waals surface area contributed by atoms with Crippen LogP contribution in [0.2, 0.25) is 0 Å². The van der Waals surface area contributed by atoms with Crippen LogP contribution < -0.4 is 11.1 Å². The third kappa shape index (κ3) is 3.19. The lowest BCUT2D eigenvalue weighted by molar-refractivity contribution is 0.0931. The molecule has 1 amide bonds. The predicted octanol–water partition coefficient (Wildman–Crippen LogP) is 2.34. The Bertz CT molecular complexity index is 915. The highest BCUT2D eigenvalue weighted by atomic mass is 19.1. The number of oxazole rings is 1. The van der Waals surface area contributed by atoms with Crippen molar-refractivity contribution >= 4 is 17.1 Å². The topological polar surface area (TPSA) is 77.1 Å². The number of benzene rings is 1. The first-order valence-corrected chi connectivity index (χ1v) is 7.59. The third-order valence-corrected chi connectivity index (χ3v) is 3.76. The highest BCUT2D eigenvalue weighted by Crippen LogP contribution is 2.10. The van der Waals surface area contributed by atoms with Crippen LogP contribution in [0.4, 0.5) is 4.39 Å². The molecule has 6 nitrogen and oxygen atoms in total. The number of amides is 1. The van der Waals surface area contributed by atoms with Crippen LogP contribution in [0, 0.1) is 5.82 Å². The molecule has 0 aliphatic heterocycles. The molecular formula is C17H16FN3O3. The van der Waals surface area contributed by atoms with Gasteiger partial charge >= 0.3 is 5.76 Å². The van der Waals surface area contributed by atoms with E-state index in [-0.39, 0.29) is 18.5 Å². The van der Waals surface area contributed by atoms with E-state index in [2.05, 4.69) is 10.3 Å². The van der Waals surface area contributed by atoms with Gasteiger partial charge in [-0.05, 0) is 42.8 Å². The van der Waals surface area contributed by atoms with Gasteiger partial charge in [0, 0.05) is 17.8 Å². The fraction of sp³-hybridized carbons (Fsp3) is 0.235. The number of nitrogens with one attached hydrogen (secondary N) is 1. The summed E-state index contributed by atoms with van der Waals surface area (Å²) >= 11 is 0. The van der Waals surface area contributed by atoms with Crippen molar-refractivity contribution in [2.24, 2.45) is 0 Å². The number of hydrogen-bond acceptors (Lipinski definition) is 4. The van der Waals surface area contributed by atoms with Crippen LogP contribution in [-0.4, -0.2) is 21.5 Å². The van der Waals surface area contributed by atoms with Crippen molar-refractivity contribution in [2.75, 3.05) is 0 Å². The van der Waals surface area contributed by atoms with E-state index in [0.717, 1.165) is 0 Å². The summed E-state index contributed by atoms with van der Waals surface area (Å²) in [6.07, 6.45) is 2.19. The first kappa shape index (κ1) is 15.9. The summed E-state index contributed by atoms with van der Waals surface area (Å²) in [5.74, 6) is -1.24. The average molecular weight is 329 g/mol. The second-order valence-corrected chi connectivity index (χ2v) is 5.39. The standard InChI is InChI=1S/C17H16FN3O3/c1-2-13(20-16(22)11-5-7-12(18)8-6-11)10-21-15-14(24-17(21)23)4-3-9-19-15/h3-9,13H,2,10H2,1H3,(H,20,22)/t13-/m1/s1. The second kappa shape index (κ2) is 6.66. The summed E-state index contributed by atoms with van der Waals surface area (Å²) in [4.78, 5) is 28.4. The fourth-order valence-electron chi connectivity index (χ4n) is 2.43. The number of rotatable bonds is 5. The van der Waals surface area contributed by atoms with E-state index in [1.54, 1.807) is 18.3 Å². The molecule has 0 unspecified atom stereocenters. The molecule has 0 aliphatic carbocycles. The molecular weight excluding hydrogens is 313 g/mol. The molecule has 0 aliphatic rings. The van der Waals surface area contributed by atoms with Gasteiger partial charge in [0.2, 0.25) is 0 Å². The summed E-state index contributed by atoms with van der Waals surface area (Å²) in [7, 11) is 0. The number of hydrogen-bond donors (Lipinski definition) is 1. The maximum atomic E-state index is 12.9. The van der Waals surface area contributed by atoms with Gasteiger partial charge < -0.3 is 9.73 Å². The van der Waals surface area contributed by atoms with Crippen molar-refractivity contribution in [3.63, 3.8) is 0 Å². The number of halogens is 1. The number of pyridine rings is 1. The molecule has 3 aromatic rings. The smallest absolute Gasteiger partial charge is 0.406 e. The molecule has 0 spiro atoms. The zero-order valence-corrected chi connectivity index (χ0v) is 13.0. The fourth-order valence-corrected chi connectivity index (χ4v) is 2.43. The van der Waals surface area contributed by atoms with Crippen molar-refractivity contribution in [1.82, 2.24) is 14.9 Å². The number of carbonyl (C=O) groups excluding carboxylic acids is 1. The molecule has 1 atom stereocenters. The molecule has 1 N–H and O–H groups in total. The first-order valence-electron chi connectivity index (χ1n) is 7.59. The lowest BCUT2D eigenvalue weighted by Crippen LogP contribution is -2.39. The van der Waals surface area contributed by atoms with Crippen molar-refractivity contribution in [3.8, 4) is 0 Å². The summed E-state index contributed by atoms with van der Waals surface area (Å²) in [5, 5.41) is 2.84. The first-order chi connectivity index (χ1) is 11.6. The molecule has 124 valence electrons. The van der Waals surface area contributed by atoms with E-state index in [1.807, 2.05) is 6.92 Å². The van der Waals surface area contributed by atoms with Gasteiger partial charge in [-0.2, -0.15) is 0 Å². The van der Waals surface area contributed by atoms with Crippen molar-refractivity contribution in [1.29, 1.82) is 0 Å². The van der Waals surface area contributed by atoms with E-state index in [1.165, 1.54) is 28.8 Å². The maximum Gasteiger partial charge on any atom is 0.421 e. The minimum absolute atomic E-state index is 0.242. The Hall–Kier alpha value is -2.96. The molecule has 2 heterocycles. The Balaban J connectivity index is 1.79. The van der Waals surface area contributed by atoms with Crippen LogP contribution in [0.25, 0.3) is 11.2 Å². The molecule has 3 rings (SSSR count). The predicted molar refractivity (Wildman–Crippen MR) is 86.2 cm³/mol. The third-order valence-electron chi connectivity index (χ3n) is 3.76. The molecule has 7 heteroatoms. The number of carbonyl (C=O) groups is 1. The van der Waals surface area contributed by atoms with Gasteiger partial charge in [0.15, 0.2) is 11.2 Å². The van der Waals surface area contributed by atoms with Gasteiger partial charge in [-0.3, -0.25) is 9.36 Å². The Labute approximate surface area is 136 Å². The van der Waals surface area contributed by atoms with Crippen LogP contribution in [0.15, 0.2) is 51.8 Å². The van der Waals surface area contributed by atoms with E-state index < -0.39 is 11.6 Å². The van der Waals surface area contributed by atoms with Crippen LogP contribution in [0.5, 0.6) is 0 Å². The van der Waals surface area contributed by atoms with Gasteiger partial charge in [-0.1, -0.05) is 6.92 Å². The summed E-state index contributed by atoms with van der Waals surface area (Å²) < 4.78 is 19.5. The second-order valence-electron chi connectivity index (χ2n) is 5.39. The molecule has 24 heavy (non-hydrogen) atoms. The van der Waals surface area contributed by atoms with Crippen molar-refractivity contribution in [3.05, 3.63) is 64.5 Å². The Morgan fingerprint density at radius 1 is 1.33 bits per heavy atom. The van der Waals surface area contributed by atoms with Gasteiger partial charge in [0.1, 0.15) is 5.82 Å². The van der Waals surface area contributed by atoms with Gasteiger partial charge in [-0.25, -0.2) is 14.2 Å². The molecule has 0 saturated heterocycles. The summed E-state index contributed by atoms with van der Waals surface area (Å²) in [6.45, 7) is 2.14. The van der Waals surface area contributed by atoms with Crippen molar-refractivity contribution < 1.29 is 13.6 Å². The number of fused-ring (bicyclic) bond motifs is 1. The zero-order chi connectivity index (χ0) is 17.1. The van der Waals surface area contributed by atoms with Gasteiger partial charge in [0.25, 0.3) is 5.91 Å². The quantitative estimate of drug-likeness (QED) is 0.779. The van der Waals surface area contributed by atoms with E-state index >= 15 is 0 Å². The summed E-state index contributed by atoms with van der Waals surface area (Å²) in [5.41, 5.74) is 1.21. The molecule has 0 radical (unpaired) electrons. The SMILES string of the molecule is CC[C@H](Cn1c(=O)oc2cccnc21)NC(=O)c1ccc(F)cc1. The Morgan fingerprint density at radius 3 is 2.79 bits per heavy atom. The van der Waals surface area contributed by atoms with Gasteiger partial charge in [-0.15, -0.1) is 0 Å². The molecule has 1 aromatic carbocycles. The maximum absolute atomic E-state index is 12.9. The van der Waals surface area contributed by atoms with Crippen LogP contribution >= 0.6 is 0 Å². The summed E-state index contributed by atoms with van der Waals surface area (Å²) in [6, 6.07) is 8.35. The normalized spacial score (nSPS) is 12.2. The van der Waals surface area contributed by atoms with Crippen LogP contribution in [0.1, 0.15) is 23.7 Å². The molecule has 0 bridgehead atoms. The van der Waals surface area contributed by atoms with E-state index in [9.17, 15) is 14.0 Å². The molecule has 0 saturated carbocycles. The molecule has 2 aromatic heterocycles. The van der Waals surface area contributed by atoms with E-state index in [4.69, 9.17) is 4.42 Å². The minimum Gasteiger partial charge on any atom is -0.406 e. The number of nitrogens with zero attached hydrogens (tertiary/aromatic N) is 2. The highest BCUT2D eigenvalue weighted by Gasteiger charge is 2.17.